The Hall–Kier alpha value is -1.80. The fourth-order valence-corrected chi connectivity index (χ4v) is 5.86. The van der Waals surface area contributed by atoms with Crippen LogP contribution in [0.4, 0.5) is 0 Å². The maximum Gasteiger partial charge on any atom is 0.127 e. The van der Waals surface area contributed by atoms with Crippen molar-refractivity contribution in [3.63, 3.8) is 0 Å². The van der Waals surface area contributed by atoms with Gasteiger partial charge in [-0.15, -0.1) is 0 Å². The molecule has 0 N–H and O–H groups in total. The van der Waals surface area contributed by atoms with Crippen LogP contribution in [0.2, 0.25) is 0 Å². The summed E-state index contributed by atoms with van der Waals surface area (Å²) in [5.41, 5.74) is 3.57. The van der Waals surface area contributed by atoms with E-state index in [9.17, 15) is 0 Å². The molecule has 0 unspecified atom stereocenters. The van der Waals surface area contributed by atoms with Crippen molar-refractivity contribution in [3.05, 3.63) is 59.7 Å². The van der Waals surface area contributed by atoms with Gasteiger partial charge in [0.2, 0.25) is 0 Å². The molecule has 2 bridgehead atoms. The van der Waals surface area contributed by atoms with Crippen LogP contribution in [-0.4, -0.2) is 24.5 Å². The molecule has 2 aromatic carbocycles. The van der Waals surface area contributed by atoms with Crippen LogP contribution in [0.3, 0.4) is 0 Å². The SMILES string of the molecule is CN1CC[C@]23CCCC[C@H]2[C@H]1Cc1ccc(Oc2ccccc2)cc13. The van der Waals surface area contributed by atoms with Crippen LogP contribution < -0.4 is 4.74 Å². The minimum absolute atomic E-state index is 0.402. The molecule has 3 aliphatic rings. The first-order chi connectivity index (χ1) is 12.3. The van der Waals surface area contributed by atoms with E-state index in [2.05, 4.69) is 30.1 Å². The topological polar surface area (TPSA) is 12.5 Å². The molecule has 2 nitrogen and oxygen atoms in total. The second-order valence-electron chi connectivity index (χ2n) is 8.24. The van der Waals surface area contributed by atoms with Crippen molar-refractivity contribution in [3.8, 4) is 11.5 Å². The normalized spacial score (nSPS) is 31.1. The lowest BCUT2D eigenvalue weighted by Crippen LogP contribution is -2.59. The van der Waals surface area contributed by atoms with E-state index in [0.717, 1.165) is 23.5 Å². The van der Waals surface area contributed by atoms with Crippen molar-refractivity contribution in [1.82, 2.24) is 4.90 Å². The van der Waals surface area contributed by atoms with Gasteiger partial charge in [0.15, 0.2) is 0 Å². The molecule has 1 heterocycles. The number of rotatable bonds is 2. The van der Waals surface area contributed by atoms with Gasteiger partial charge in [0.05, 0.1) is 0 Å². The Morgan fingerprint density at radius 2 is 1.88 bits per heavy atom. The number of likely N-dealkylation sites (N-methyl/N-ethyl adjacent to an activating group) is 1. The van der Waals surface area contributed by atoms with E-state index < -0.39 is 0 Å². The van der Waals surface area contributed by atoms with Crippen molar-refractivity contribution < 1.29 is 4.74 Å². The van der Waals surface area contributed by atoms with Gasteiger partial charge in [-0.1, -0.05) is 37.1 Å². The number of fused-ring (bicyclic) bond motifs is 1. The first kappa shape index (κ1) is 15.5. The third-order valence-electron chi connectivity index (χ3n) is 7.06. The van der Waals surface area contributed by atoms with Gasteiger partial charge in [-0.2, -0.15) is 0 Å². The van der Waals surface area contributed by atoms with Gasteiger partial charge < -0.3 is 9.64 Å². The summed E-state index contributed by atoms with van der Waals surface area (Å²) in [6.07, 6.45) is 8.08. The van der Waals surface area contributed by atoms with E-state index in [1.54, 1.807) is 11.1 Å². The molecule has 0 aromatic heterocycles. The minimum atomic E-state index is 0.402. The molecule has 1 saturated heterocycles. The molecule has 2 aromatic rings. The lowest BCUT2D eigenvalue weighted by atomic mass is 9.52. The summed E-state index contributed by atoms with van der Waals surface area (Å²) in [5, 5.41) is 0. The number of piperidine rings is 1. The van der Waals surface area contributed by atoms with Gasteiger partial charge in [0.1, 0.15) is 11.5 Å². The van der Waals surface area contributed by atoms with E-state index >= 15 is 0 Å². The molecule has 0 radical (unpaired) electrons. The lowest BCUT2D eigenvalue weighted by Gasteiger charge is -2.58. The Morgan fingerprint density at radius 3 is 2.76 bits per heavy atom. The number of hydrogen-bond donors (Lipinski definition) is 0. The van der Waals surface area contributed by atoms with Crippen LogP contribution in [0.1, 0.15) is 43.2 Å². The average molecular weight is 333 g/mol. The standard InChI is InChI=1S/C23H27NO/c1-24-14-13-23-12-6-5-9-20(23)22(24)15-17-10-11-19(16-21(17)23)25-18-7-3-2-4-8-18/h2-4,7-8,10-11,16,20,22H,5-6,9,12-15H2,1H3/t20-,22+,23+/m0/s1. The maximum absolute atomic E-state index is 6.17. The molecule has 1 saturated carbocycles. The van der Waals surface area contributed by atoms with Crippen LogP contribution in [0.25, 0.3) is 0 Å². The second kappa shape index (κ2) is 5.88. The van der Waals surface area contributed by atoms with Crippen molar-refractivity contribution in [1.29, 1.82) is 0 Å². The largest absolute Gasteiger partial charge is 0.457 e. The summed E-state index contributed by atoms with van der Waals surface area (Å²) in [6, 6.07) is 17.8. The van der Waals surface area contributed by atoms with Crippen molar-refractivity contribution >= 4 is 0 Å². The van der Waals surface area contributed by atoms with E-state index in [1.807, 2.05) is 30.3 Å². The molecule has 0 amide bonds. The highest BCUT2D eigenvalue weighted by molar-refractivity contribution is 5.46. The zero-order valence-electron chi connectivity index (χ0n) is 15.1. The summed E-state index contributed by atoms with van der Waals surface area (Å²) in [6.45, 7) is 1.24. The first-order valence-corrected chi connectivity index (χ1v) is 9.83. The molecular weight excluding hydrogens is 306 g/mol. The maximum atomic E-state index is 6.17. The molecule has 0 spiro atoms. The molecule has 2 heteroatoms. The van der Waals surface area contributed by atoms with Crippen molar-refractivity contribution in [2.24, 2.45) is 5.92 Å². The van der Waals surface area contributed by atoms with E-state index in [-0.39, 0.29) is 0 Å². The van der Waals surface area contributed by atoms with Crippen LogP contribution in [0, 0.1) is 5.92 Å². The molecule has 130 valence electrons. The number of hydrogen-bond acceptors (Lipinski definition) is 2. The van der Waals surface area contributed by atoms with Gasteiger partial charge in [0, 0.05) is 11.5 Å². The third-order valence-corrected chi connectivity index (χ3v) is 7.06. The molecule has 3 atom stereocenters. The number of para-hydroxylation sites is 1. The highest BCUT2D eigenvalue weighted by Gasteiger charge is 2.53. The highest BCUT2D eigenvalue weighted by atomic mass is 16.5. The Kier molecular flexibility index (Phi) is 3.63. The first-order valence-electron chi connectivity index (χ1n) is 9.83. The Labute approximate surface area is 150 Å². The fourth-order valence-electron chi connectivity index (χ4n) is 5.86. The number of nitrogens with zero attached hydrogens (tertiary/aromatic N) is 1. The van der Waals surface area contributed by atoms with E-state index in [4.69, 9.17) is 4.74 Å². The smallest absolute Gasteiger partial charge is 0.127 e. The van der Waals surface area contributed by atoms with Gasteiger partial charge in [0.25, 0.3) is 0 Å². The lowest BCUT2D eigenvalue weighted by molar-refractivity contribution is 0.00276. The predicted molar refractivity (Wildman–Crippen MR) is 101 cm³/mol. The predicted octanol–water partition coefficient (Wildman–Crippen LogP) is 5.17. The molecular formula is C23H27NO. The number of ether oxygens (including phenoxy) is 1. The van der Waals surface area contributed by atoms with Crippen LogP contribution >= 0.6 is 0 Å². The van der Waals surface area contributed by atoms with Crippen LogP contribution in [0.5, 0.6) is 11.5 Å². The fraction of sp³-hybridized carbons (Fsp3) is 0.478. The summed E-state index contributed by atoms with van der Waals surface area (Å²) < 4.78 is 6.17. The Morgan fingerprint density at radius 1 is 1.00 bits per heavy atom. The molecule has 5 rings (SSSR count). The number of benzene rings is 2. The zero-order chi connectivity index (χ0) is 16.9. The van der Waals surface area contributed by atoms with Gasteiger partial charge in [-0.05, 0) is 80.6 Å². The molecule has 2 fully saturated rings. The monoisotopic (exact) mass is 333 g/mol. The van der Waals surface area contributed by atoms with E-state index in [1.165, 1.54) is 45.1 Å². The number of likely N-dealkylation sites (tertiary alicyclic amines) is 1. The minimum Gasteiger partial charge on any atom is -0.457 e. The van der Waals surface area contributed by atoms with Crippen LogP contribution in [0.15, 0.2) is 48.5 Å². The van der Waals surface area contributed by atoms with E-state index in [0.29, 0.717) is 5.41 Å². The second-order valence-corrected chi connectivity index (χ2v) is 8.24. The Balaban J connectivity index is 1.56. The Bertz CT molecular complexity index is 771. The zero-order valence-corrected chi connectivity index (χ0v) is 15.1. The summed E-state index contributed by atoms with van der Waals surface area (Å²) in [7, 11) is 2.33. The molecule has 25 heavy (non-hydrogen) atoms. The summed E-state index contributed by atoms with van der Waals surface area (Å²) in [5.74, 6) is 2.76. The van der Waals surface area contributed by atoms with Gasteiger partial charge >= 0.3 is 0 Å². The van der Waals surface area contributed by atoms with Crippen molar-refractivity contribution in [2.45, 2.75) is 50.0 Å². The summed E-state index contributed by atoms with van der Waals surface area (Å²) >= 11 is 0. The summed E-state index contributed by atoms with van der Waals surface area (Å²) in [4.78, 5) is 2.63. The third kappa shape index (κ3) is 2.42. The van der Waals surface area contributed by atoms with Crippen molar-refractivity contribution in [2.75, 3.05) is 13.6 Å². The quantitative estimate of drug-likeness (QED) is 0.752. The highest BCUT2D eigenvalue weighted by Crippen LogP contribution is 2.56. The average Bonchev–Trinajstić information content (AvgIpc) is 2.66. The van der Waals surface area contributed by atoms with Crippen LogP contribution in [-0.2, 0) is 11.8 Å². The van der Waals surface area contributed by atoms with Gasteiger partial charge in [-0.3, -0.25) is 0 Å². The molecule has 1 aliphatic heterocycles. The van der Waals surface area contributed by atoms with Gasteiger partial charge in [-0.25, -0.2) is 0 Å². The molecule has 2 aliphatic carbocycles.